The molecule has 1 aromatic carbocycles. The van der Waals surface area contributed by atoms with Crippen LogP contribution in [0.3, 0.4) is 0 Å². The van der Waals surface area contributed by atoms with Gasteiger partial charge in [-0.15, -0.1) is 0 Å². The lowest BCUT2D eigenvalue weighted by Crippen LogP contribution is -2.00. The van der Waals surface area contributed by atoms with Crippen molar-refractivity contribution >= 4 is 5.69 Å². The van der Waals surface area contributed by atoms with E-state index >= 15 is 0 Å². The molecule has 0 radical (unpaired) electrons. The van der Waals surface area contributed by atoms with Crippen LogP contribution in [0.5, 0.6) is 17.4 Å². The fourth-order valence-electron chi connectivity index (χ4n) is 1.69. The lowest BCUT2D eigenvalue weighted by molar-refractivity contribution is -0.385. The standard InChI is InChI=1S/C13H12FN3O4/c1-3-9-12(14)13(16-7-15-9)21-8-4-5-10(17(18)19)11(6-8)20-2/h4-7H,3H2,1-2H3. The van der Waals surface area contributed by atoms with Crippen molar-refractivity contribution < 1.29 is 18.8 Å². The maximum Gasteiger partial charge on any atom is 0.311 e. The number of aromatic nitrogens is 2. The predicted octanol–water partition coefficient (Wildman–Crippen LogP) is 2.89. The Morgan fingerprint density at radius 1 is 1.38 bits per heavy atom. The molecule has 0 aliphatic rings. The molecule has 0 aliphatic heterocycles. The summed E-state index contributed by atoms with van der Waals surface area (Å²) in [5, 5.41) is 10.8. The average Bonchev–Trinajstić information content (AvgIpc) is 2.49. The summed E-state index contributed by atoms with van der Waals surface area (Å²) < 4.78 is 24.2. The molecule has 2 rings (SSSR count). The van der Waals surface area contributed by atoms with Crippen LogP contribution in [0, 0.1) is 15.9 Å². The van der Waals surface area contributed by atoms with Crippen molar-refractivity contribution in [3.8, 4) is 17.4 Å². The Morgan fingerprint density at radius 3 is 2.76 bits per heavy atom. The fraction of sp³-hybridized carbons (Fsp3) is 0.231. The van der Waals surface area contributed by atoms with E-state index in [1.54, 1.807) is 6.92 Å². The first-order chi connectivity index (χ1) is 10.1. The highest BCUT2D eigenvalue weighted by Gasteiger charge is 2.17. The van der Waals surface area contributed by atoms with E-state index in [9.17, 15) is 14.5 Å². The van der Waals surface area contributed by atoms with Crippen LogP contribution in [0.15, 0.2) is 24.5 Å². The summed E-state index contributed by atoms with van der Waals surface area (Å²) in [5.74, 6) is -0.699. The Bertz CT molecular complexity index is 678. The Morgan fingerprint density at radius 2 is 2.14 bits per heavy atom. The zero-order valence-electron chi connectivity index (χ0n) is 11.4. The van der Waals surface area contributed by atoms with Crippen LogP contribution in [0.2, 0.25) is 0 Å². The third kappa shape index (κ3) is 3.04. The van der Waals surface area contributed by atoms with Crippen LogP contribution in [-0.4, -0.2) is 22.0 Å². The molecule has 0 aliphatic carbocycles. The molecule has 0 saturated heterocycles. The molecular weight excluding hydrogens is 281 g/mol. The van der Waals surface area contributed by atoms with Gasteiger partial charge in [0.15, 0.2) is 0 Å². The van der Waals surface area contributed by atoms with Crippen LogP contribution in [0.25, 0.3) is 0 Å². The van der Waals surface area contributed by atoms with E-state index in [1.165, 1.54) is 31.6 Å². The molecular formula is C13H12FN3O4. The van der Waals surface area contributed by atoms with Crippen molar-refractivity contribution in [1.82, 2.24) is 9.97 Å². The number of aryl methyl sites for hydroxylation is 1. The first kappa shape index (κ1) is 14.6. The topological polar surface area (TPSA) is 87.4 Å². The van der Waals surface area contributed by atoms with E-state index in [2.05, 4.69) is 9.97 Å². The molecule has 0 fully saturated rings. The van der Waals surface area contributed by atoms with E-state index in [4.69, 9.17) is 9.47 Å². The van der Waals surface area contributed by atoms with E-state index in [-0.39, 0.29) is 28.8 Å². The van der Waals surface area contributed by atoms with Gasteiger partial charge in [0.2, 0.25) is 11.6 Å². The summed E-state index contributed by atoms with van der Waals surface area (Å²) >= 11 is 0. The minimum absolute atomic E-state index is 0.0164. The molecule has 0 spiro atoms. The second kappa shape index (κ2) is 6.12. The van der Waals surface area contributed by atoms with Gasteiger partial charge >= 0.3 is 5.69 Å². The number of hydrogen-bond acceptors (Lipinski definition) is 6. The highest BCUT2D eigenvalue weighted by atomic mass is 19.1. The van der Waals surface area contributed by atoms with Crippen molar-refractivity contribution in [3.05, 3.63) is 46.2 Å². The molecule has 0 unspecified atom stereocenters. The van der Waals surface area contributed by atoms with Gasteiger partial charge in [-0.1, -0.05) is 6.92 Å². The lowest BCUT2D eigenvalue weighted by atomic mass is 10.2. The smallest absolute Gasteiger partial charge is 0.311 e. The first-order valence-corrected chi connectivity index (χ1v) is 6.06. The molecule has 0 bridgehead atoms. The summed E-state index contributed by atoms with van der Waals surface area (Å²) in [7, 11) is 1.30. The van der Waals surface area contributed by atoms with Crippen molar-refractivity contribution in [3.63, 3.8) is 0 Å². The van der Waals surface area contributed by atoms with Gasteiger partial charge in [-0.25, -0.2) is 4.98 Å². The number of rotatable bonds is 5. The number of hydrogen-bond donors (Lipinski definition) is 0. The minimum Gasteiger partial charge on any atom is -0.490 e. The third-order valence-electron chi connectivity index (χ3n) is 2.73. The van der Waals surface area contributed by atoms with Crippen molar-refractivity contribution in [2.45, 2.75) is 13.3 Å². The minimum atomic E-state index is -0.655. The normalized spacial score (nSPS) is 10.2. The summed E-state index contributed by atoms with van der Waals surface area (Å²) in [5.41, 5.74) is 0.0242. The summed E-state index contributed by atoms with van der Waals surface area (Å²) in [6, 6.07) is 3.85. The molecule has 0 atom stereocenters. The Labute approximate surface area is 119 Å². The summed E-state index contributed by atoms with van der Waals surface area (Å²) in [6.07, 6.45) is 1.59. The average molecular weight is 293 g/mol. The maximum absolute atomic E-state index is 14.0. The van der Waals surface area contributed by atoms with E-state index in [1.807, 2.05) is 0 Å². The van der Waals surface area contributed by atoms with Gasteiger partial charge in [0.25, 0.3) is 5.88 Å². The monoisotopic (exact) mass is 293 g/mol. The zero-order chi connectivity index (χ0) is 15.4. The lowest BCUT2D eigenvalue weighted by Gasteiger charge is -2.08. The number of nitrogens with zero attached hydrogens (tertiary/aromatic N) is 3. The number of ether oxygens (including phenoxy) is 2. The van der Waals surface area contributed by atoms with Crippen LogP contribution in [0.1, 0.15) is 12.6 Å². The Balaban J connectivity index is 2.34. The number of nitro benzene ring substituents is 1. The van der Waals surface area contributed by atoms with Gasteiger partial charge in [-0.2, -0.15) is 9.37 Å². The first-order valence-electron chi connectivity index (χ1n) is 6.06. The Hall–Kier alpha value is -2.77. The number of halogens is 1. The quantitative estimate of drug-likeness (QED) is 0.622. The third-order valence-corrected chi connectivity index (χ3v) is 2.73. The fourth-order valence-corrected chi connectivity index (χ4v) is 1.69. The van der Waals surface area contributed by atoms with Gasteiger partial charge in [-0.05, 0) is 12.5 Å². The molecule has 1 heterocycles. The van der Waals surface area contributed by atoms with Crippen molar-refractivity contribution in [2.24, 2.45) is 0 Å². The van der Waals surface area contributed by atoms with Gasteiger partial charge in [0.05, 0.1) is 17.7 Å². The van der Waals surface area contributed by atoms with Crippen LogP contribution in [-0.2, 0) is 6.42 Å². The molecule has 0 amide bonds. The van der Waals surface area contributed by atoms with Crippen LogP contribution in [0.4, 0.5) is 10.1 Å². The van der Waals surface area contributed by atoms with E-state index in [0.717, 1.165) is 0 Å². The zero-order valence-corrected chi connectivity index (χ0v) is 11.4. The number of nitro groups is 1. The molecule has 1 aromatic heterocycles. The van der Waals surface area contributed by atoms with Crippen LogP contribution >= 0.6 is 0 Å². The molecule has 8 heteroatoms. The highest BCUT2D eigenvalue weighted by molar-refractivity contribution is 5.51. The van der Waals surface area contributed by atoms with E-state index in [0.29, 0.717) is 6.42 Å². The second-order valence-corrected chi connectivity index (χ2v) is 3.99. The SMILES string of the molecule is CCc1ncnc(Oc2ccc([N+](=O)[O-])c(OC)c2)c1F. The largest absolute Gasteiger partial charge is 0.490 e. The van der Waals surface area contributed by atoms with Gasteiger partial charge in [0.1, 0.15) is 12.1 Å². The Kier molecular flexibility index (Phi) is 4.27. The van der Waals surface area contributed by atoms with Gasteiger partial charge in [0, 0.05) is 12.1 Å². The van der Waals surface area contributed by atoms with Gasteiger partial charge < -0.3 is 9.47 Å². The molecule has 7 nitrogen and oxygen atoms in total. The maximum atomic E-state index is 14.0. The summed E-state index contributed by atoms with van der Waals surface area (Å²) in [6.45, 7) is 1.75. The molecule has 0 N–H and O–H groups in total. The summed E-state index contributed by atoms with van der Waals surface area (Å²) in [4.78, 5) is 17.7. The highest BCUT2D eigenvalue weighted by Crippen LogP contribution is 2.33. The number of benzene rings is 1. The molecule has 0 saturated carbocycles. The van der Waals surface area contributed by atoms with Crippen molar-refractivity contribution in [2.75, 3.05) is 7.11 Å². The number of methoxy groups -OCH3 is 1. The molecule has 110 valence electrons. The van der Waals surface area contributed by atoms with Gasteiger partial charge in [-0.3, -0.25) is 10.1 Å². The van der Waals surface area contributed by atoms with E-state index < -0.39 is 10.7 Å². The predicted molar refractivity (Wildman–Crippen MR) is 71.1 cm³/mol. The van der Waals surface area contributed by atoms with Crippen molar-refractivity contribution in [1.29, 1.82) is 0 Å². The molecule has 21 heavy (non-hydrogen) atoms. The second-order valence-electron chi connectivity index (χ2n) is 3.99. The van der Waals surface area contributed by atoms with Crippen LogP contribution < -0.4 is 9.47 Å². The molecule has 2 aromatic rings.